The Hall–Kier alpha value is -3.10. The quantitative estimate of drug-likeness (QED) is 0.691. The molecule has 2 heterocycles. The molecule has 0 saturated carbocycles. The van der Waals surface area contributed by atoms with E-state index in [0.29, 0.717) is 31.8 Å². The summed E-state index contributed by atoms with van der Waals surface area (Å²) in [4.78, 5) is 51.0. The minimum Gasteiger partial charge on any atom is -0.484 e. The Kier molecular flexibility index (Phi) is 6.13. The van der Waals surface area contributed by atoms with E-state index in [4.69, 9.17) is 4.74 Å². The smallest absolute Gasteiger partial charge is 0.308 e. The van der Waals surface area contributed by atoms with Gasteiger partial charge in [0.1, 0.15) is 11.8 Å². The highest BCUT2D eigenvalue weighted by Gasteiger charge is 2.35. The molecular weight excluding hydrogens is 366 g/mol. The van der Waals surface area contributed by atoms with Gasteiger partial charge in [-0.25, -0.2) is 0 Å². The third-order valence-corrected chi connectivity index (χ3v) is 4.82. The van der Waals surface area contributed by atoms with Gasteiger partial charge in [-0.15, -0.1) is 0 Å². The number of methoxy groups -OCH3 is 1. The summed E-state index contributed by atoms with van der Waals surface area (Å²) in [6.45, 7) is 1.06. The number of carbonyl (C=O) groups is 4. The van der Waals surface area contributed by atoms with Gasteiger partial charge in [-0.2, -0.15) is 0 Å². The maximum Gasteiger partial charge on any atom is 0.308 e. The number of hydrogen-bond acceptors (Lipinski definition) is 6. The van der Waals surface area contributed by atoms with Crippen molar-refractivity contribution in [2.45, 2.75) is 25.3 Å². The van der Waals surface area contributed by atoms with Gasteiger partial charge in [0.05, 0.1) is 13.5 Å². The Morgan fingerprint density at radius 2 is 1.93 bits per heavy atom. The molecule has 0 aliphatic carbocycles. The van der Waals surface area contributed by atoms with Crippen LogP contribution in [-0.2, 0) is 23.9 Å². The number of hydrogen-bond donors (Lipinski definition) is 1. The van der Waals surface area contributed by atoms with Gasteiger partial charge in [0.2, 0.25) is 11.8 Å². The standard InChI is InChI=1S/C19H23N3O6/c1-27-18(25)11-15-19(26)20-8-10-22(15)17(24)12-28-14-6-4-13(5-7-14)21-9-2-3-16(21)23/h4-7,15H,2-3,8-12H2,1H3,(H,20,26)/t15-/m0/s1. The molecule has 9 nitrogen and oxygen atoms in total. The summed E-state index contributed by atoms with van der Waals surface area (Å²) in [5.74, 6) is -0.751. The first-order valence-electron chi connectivity index (χ1n) is 9.17. The first-order valence-corrected chi connectivity index (χ1v) is 9.17. The van der Waals surface area contributed by atoms with Crippen LogP contribution in [0, 0.1) is 0 Å². The van der Waals surface area contributed by atoms with Crippen molar-refractivity contribution in [2.75, 3.05) is 38.3 Å². The van der Waals surface area contributed by atoms with E-state index >= 15 is 0 Å². The van der Waals surface area contributed by atoms with Crippen molar-refractivity contribution in [2.24, 2.45) is 0 Å². The van der Waals surface area contributed by atoms with Gasteiger partial charge in [-0.1, -0.05) is 0 Å². The third-order valence-electron chi connectivity index (χ3n) is 4.82. The molecule has 3 rings (SSSR count). The van der Waals surface area contributed by atoms with Crippen molar-refractivity contribution < 1.29 is 28.7 Å². The number of esters is 1. The SMILES string of the molecule is COC(=O)C[C@H]1C(=O)NCCN1C(=O)COc1ccc(N2CCCC2=O)cc1. The second-order valence-electron chi connectivity index (χ2n) is 6.61. The molecular formula is C19H23N3O6. The van der Waals surface area contributed by atoms with Crippen LogP contribution in [0.15, 0.2) is 24.3 Å². The lowest BCUT2D eigenvalue weighted by Gasteiger charge is -2.34. The Morgan fingerprint density at radius 1 is 1.18 bits per heavy atom. The zero-order valence-electron chi connectivity index (χ0n) is 15.7. The number of amides is 3. The summed E-state index contributed by atoms with van der Waals surface area (Å²) in [5.41, 5.74) is 0.798. The average molecular weight is 389 g/mol. The number of nitrogens with zero attached hydrogens (tertiary/aromatic N) is 2. The van der Waals surface area contributed by atoms with Gasteiger partial charge < -0.3 is 24.6 Å². The molecule has 1 atom stereocenters. The van der Waals surface area contributed by atoms with Crippen molar-refractivity contribution in [3.63, 3.8) is 0 Å². The normalized spacial score (nSPS) is 19.4. The largest absolute Gasteiger partial charge is 0.484 e. The van der Waals surface area contributed by atoms with Gasteiger partial charge in [-0.05, 0) is 30.7 Å². The van der Waals surface area contributed by atoms with Crippen molar-refractivity contribution >= 4 is 29.4 Å². The zero-order chi connectivity index (χ0) is 20.1. The van der Waals surface area contributed by atoms with Crippen LogP contribution in [0.3, 0.4) is 0 Å². The molecule has 28 heavy (non-hydrogen) atoms. The highest BCUT2D eigenvalue weighted by molar-refractivity contribution is 5.95. The number of anilines is 1. The second-order valence-corrected chi connectivity index (χ2v) is 6.61. The molecule has 3 amide bonds. The predicted molar refractivity (Wildman–Crippen MR) is 98.7 cm³/mol. The second kappa shape index (κ2) is 8.73. The maximum absolute atomic E-state index is 12.5. The van der Waals surface area contributed by atoms with E-state index in [1.165, 1.54) is 12.0 Å². The van der Waals surface area contributed by atoms with Crippen LogP contribution >= 0.6 is 0 Å². The minimum absolute atomic E-state index is 0.101. The number of rotatable bonds is 6. The molecule has 1 aromatic rings. The molecule has 0 spiro atoms. The number of carbonyl (C=O) groups excluding carboxylic acids is 4. The topological polar surface area (TPSA) is 105 Å². The summed E-state index contributed by atoms with van der Waals surface area (Å²) in [6.07, 6.45) is 1.21. The molecule has 9 heteroatoms. The van der Waals surface area contributed by atoms with Crippen LogP contribution in [-0.4, -0.2) is 68.0 Å². The van der Waals surface area contributed by atoms with E-state index in [2.05, 4.69) is 10.1 Å². The van der Waals surface area contributed by atoms with Crippen LogP contribution in [0.5, 0.6) is 5.75 Å². The van der Waals surface area contributed by atoms with E-state index in [1.807, 2.05) is 0 Å². The summed E-state index contributed by atoms with van der Waals surface area (Å²) in [6, 6.07) is 6.04. The van der Waals surface area contributed by atoms with Crippen LogP contribution in [0.25, 0.3) is 0 Å². The van der Waals surface area contributed by atoms with Crippen molar-refractivity contribution in [1.82, 2.24) is 10.2 Å². The van der Waals surface area contributed by atoms with Crippen LogP contribution < -0.4 is 15.0 Å². The van der Waals surface area contributed by atoms with Crippen molar-refractivity contribution in [3.05, 3.63) is 24.3 Å². The van der Waals surface area contributed by atoms with E-state index in [1.54, 1.807) is 29.2 Å². The lowest BCUT2D eigenvalue weighted by molar-refractivity contribution is -0.151. The summed E-state index contributed by atoms with van der Waals surface area (Å²) >= 11 is 0. The third kappa shape index (κ3) is 4.41. The molecule has 2 fully saturated rings. The van der Waals surface area contributed by atoms with Gasteiger partial charge in [0, 0.05) is 31.7 Å². The molecule has 1 aromatic carbocycles. The fourth-order valence-corrected chi connectivity index (χ4v) is 3.33. The van der Waals surface area contributed by atoms with E-state index < -0.39 is 12.0 Å². The van der Waals surface area contributed by atoms with E-state index in [-0.39, 0.29) is 30.7 Å². The number of piperazine rings is 1. The molecule has 0 aromatic heterocycles. The highest BCUT2D eigenvalue weighted by Crippen LogP contribution is 2.24. The molecule has 1 N–H and O–H groups in total. The first kappa shape index (κ1) is 19.7. The number of nitrogens with one attached hydrogen (secondary N) is 1. The molecule has 0 radical (unpaired) electrons. The molecule has 2 saturated heterocycles. The van der Waals surface area contributed by atoms with Gasteiger partial charge >= 0.3 is 5.97 Å². The van der Waals surface area contributed by atoms with Gasteiger partial charge in [0.15, 0.2) is 6.61 Å². The van der Waals surface area contributed by atoms with Gasteiger partial charge in [0.25, 0.3) is 5.91 Å². The highest BCUT2D eigenvalue weighted by atomic mass is 16.5. The first-order chi connectivity index (χ1) is 13.5. The zero-order valence-corrected chi connectivity index (χ0v) is 15.7. The van der Waals surface area contributed by atoms with Crippen LogP contribution in [0.1, 0.15) is 19.3 Å². The number of benzene rings is 1. The van der Waals surface area contributed by atoms with Crippen molar-refractivity contribution in [1.29, 1.82) is 0 Å². The molecule has 150 valence electrons. The van der Waals surface area contributed by atoms with Crippen LogP contribution in [0.4, 0.5) is 5.69 Å². The Morgan fingerprint density at radius 3 is 2.57 bits per heavy atom. The van der Waals surface area contributed by atoms with E-state index in [0.717, 1.165) is 12.1 Å². The summed E-state index contributed by atoms with van der Waals surface area (Å²) in [7, 11) is 1.23. The fraction of sp³-hybridized carbons (Fsp3) is 0.474. The lowest BCUT2D eigenvalue weighted by atomic mass is 10.1. The predicted octanol–water partition coefficient (Wildman–Crippen LogP) is 0.0823. The van der Waals surface area contributed by atoms with Crippen molar-refractivity contribution in [3.8, 4) is 5.75 Å². The Labute approximate surface area is 162 Å². The monoisotopic (exact) mass is 389 g/mol. The van der Waals surface area contributed by atoms with E-state index in [9.17, 15) is 19.2 Å². The summed E-state index contributed by atoms with van der Waals surface area (Å²) < 4.78 is 10.1. The van der Waals surface area contributed by atoms with Crippen LogP contribution in [0.2, 0.25) is 0 Å². The summed E-state index contributed by atoms with van der Waals surface area (Å²) in [5, 5.41) is 2.64. The average Bonchev–Trinajstić information content (AvgIpc) is 3.13. The lowest BCUT2D eigenvalue weighted by Crippen LogP contribution is -2.58. The number of ether oxygens (including phenoxy) is 2. The Bertz CT molecular complexity index is 763. The fourth-order valence-electron chi connectivity index (χ4n) is 3.33. The molecule has 2 aliphatic heterocycles. The molecule has 0 unspecified atom stereocenters. The Balaban J connectivity index is 1.58. The molecule has 2 aliphatic rings. The van der Waals surface area contributed by atoms with Gasteiger partial charge in [-0.3, -0.25) is 19.2 Å². The molecule has 0 bridgehead atoms. The minimum atomic E-state index is -0.902. The maximum atomic E-state index is 12.5.